The molecule has 3 unspecified atom stereocenters. The Labute approximate surface area is 101 Å². The molecule has 3 atom stereocenters. The molecule has 0 saturated heterocycles. The van der Waals surface area contributed by atoms with Gasteiger partial charge in [0, 0.05) is 6.54 Å². The smallest absolute Gasteiger partial charge is 0.371 e. The zero-order valence-corrected chi connectivity index (χ0v) is 10.5. The fourth-order valence-electron chi connectivity index (χ4n) is 2.09. The molecule has 1 aromatic rings. The van der Waals surface area contributed by atoms with Crippen LogP contribution in [0.2, 0.25) is 0 Å². The summed E-state index contributed by atoms with van der Waals surface area (Å²) in [5.74, 6) is 1.34. The van der Waals surface area contributed by atoms with Crippen molar-refractivity contribution in [2.24, 2.45) is 11.8 Å². The van der Waals surface area contributed by atoms with E-state index in [2.05, 4.69) is 18.9 Å². The SMILES string of the molecule is CC1CC1CN(C)C(C)c1ccc(C(=O)O)o1. The van der Waals surface area contributed by atoms with E-state index in [-0.39, 0.29) is 11.8 Å². The van der Waals surface area contributed by atoms with Gasteiger partial charge in [-0.25, -0.2) is 4.79 Å². The largest absolute Gasteiger partial charge is 0.475 e. The van der Waals surface area contributed by atoms with Crippen molar-refractivity contribution < 1.29 is 14.3 Å². The Bertz CT molecular complexity index is 413. The first-order valence-corrected chi connectivity index (χ1v) is 6.02. The second-order valence-corrected chi connectivity index (χ2v) is 5.10. The molecule has 0 spiro atoms. The van der Waals surface area contributed by atoms with E-state index in [9.17, 15) is 4.79 Å². The summed E-state index contributed by atoms with van der Waals surface area (Å²) in [5, 5.41) is 8.80. The van der Waals surface area contributed by atoms with Crippen molar-refractivity contribution in [3.05, 3.63) is 23.7 Å². The number of carboxylic acid groups (broad SMARTS) is 1. The third-order valence-electron chi connectivity index (χ3n) is 3.71. The number of rotatable bonds is 5. The van der Waals surface area contributed by atoms with E-state index in [1.165, 1.54) is 12.5 Å². The van der Waals surface area contributed by atoms with Crippen LogP contribution < -0.4 is 0 Å². The van der Waals surface area contributed by atoms with Crippen LogP contribution in [0.4, 0.5) is 0 Å². The first-order chi connectivity index (χ1) is 7.99. The van der Waals surface area contributed by atoms with E-state index in [4.69, 9.17) is 9.52 Å². The molecule has 1 fully saturated rings. The van der Waals surface area contributed by atoms with Crippen molar-refractivity contribution in [3.63, 3.8) is 0 Å². The summed E-state index contributed by atoms with van der Waals surface area (Å²) in [5.41, 5.74) is 0. The lowest BCUT2D eigenvalue weighted by Gasteiger charge is -2.22. The molecule has 1 aromatic heterocycles. The number of aromatic carboxylic acids is 1. The number of nitrogens with zero attached hydrogens (tertiary/aromatic N) is 1. The average molecular weight is 237 g/mol. The molecule has 17 heavy (non-hydrogen) atoms. The summed E-state index contributed by atoms with van der Waals surface area (Å²) >= 11 is 0. The van der Waals surface area contributed by atoms with Gasteiger partial charge in [0.1, 0.15) is 5.76 Å². The second-order valence-electron chi connectivity index (χ2n) is 5.10. The van der Waals surface area contributed by atoms with Gasteiger partial charge in [0.05, 0.1) is 6.04 Å². The van der Waals surface area contributed by atoms with Gasteiger partial charge in [0.25, 0.3) is 0 Å². The van der Waals surface area contributed by atoms with E-state index in [1.54, 1.807) is 6.07 Å². The zero-order valence-electron chi connectivity index (χ0n) is 10.5. The van der Waals surface area contributed by atoms with Crippen LogP contribution in [-0.2, 0) is 0 Å². The highest BCUT2D eigenvalue weighted by atomic mass is 16.4. The third kappa shape index (κ3) is 2.69. The highest BCUT2D eigenvalue weighted by Crippen LogP contribution is 2.39. The Morgan fingerprint density at radius 3 is 2.76 bits per heavy atom. The first-order valence-electron chi connectivity index (χ1n) is 6.02. The van der Waals surface area contributed by atoms with Crippen molar-refractivity contribution in [3.8, 4) is 0 Å². The molecule has 1 saturated carbocycles. The van der Waals surface area contributed by atoms with E-state index in [1.807, 2.05) is 6.92 Å². The normalized spacial score (nSPS) is 24.9. The van der Waals surface area contributed by atoms with Crippen LogP contribution >= 0.6 is 0 Å². The molecule has 0 radical (unpaired) electrons. The van der Waals surface area contributed by atoms with E-state index in [0.29, 0.717) is 0 Å². The van der Waals surface area contributed by atoms with Crippen LogP contribution in [0.15, 0.2) is 16.5 Å². The van der Waals surface area contributed by atoms with Crippen molar-refractivity contribution in [1.82, 2.24) is 4.90 Å². The number of carbonyl (C=O) groups is 1. The number of carboxylic acids is 1. The van der Waals surface area contributed by atoms with Crippen molar-refractivity contribution >= 4 is 5.97 Å². The lowest BCUT2D eigenvalue weighted by molar-refractivity contribution is 0.0656. The van der Waals surface area contributed by atoms with Crippen molar-refractivity contribution in [1.29, 1.82) is 0 Å². The second kappa shape index (κ2) is 4.53. The molecule has 2 rings (SSSR count). The van der Waals surface area contributed by atoms with Crippen LogP contribution in [0.1, 0.15) is 42.6 Å². The maximum Gasteiger partial charge on any atom is 0.371 e. The maximum atomic E-state index is 10.7. The minimum atomic E-state index is -1.01. The monoisotopic (exact) mass is 237 g/mol. The number of furan rings is 1. The molecular formula is C13H19NO3. The Morgan fingerprint density at radius 1 is 1.65 bits per heavy atom. The summed E-state index contributed by atoms with van der Waals surface area (Å²) in [7, 11) is 2.05. The number of hydrogen-bond acceptors (Lipinski definition) is 3. The molecular weight excluding hydrogens is 218 g/mol. The van der Waals surface area contributed by atoms with Gasteiger partial charge in [-0.05, 0) is 44.4 Å². The van der Waals surface area contributed by atoms with Gasteiger partial charge >= 0.3 is 5.97 Å². The predicted octanol–water partition coefficient (Wildman–Crippen LogP) is 2.63. The zero-order chi connectivity index (χ0) is 12.6. The summed E-state index contributed by atoms with van der Waals surface area (Å²) in [6.07, 6.45) is 1.30. The molecule has 4 heteroatoms. The molecule has 94 valence electrons. The quantitative estimate of drug-likeness (QED) is 0.855. The third-order valence-corrected chi connectivity index (χ3v) is 3.71. The predicted molar refractivity (Wildman–Crippen MR) is 64.0 cm³/mol. The highest BCUT2D eigenvalue weighted by Gasteiger charge is 2.34. The minimum Gasteiger partial charge on any atom is -0.475 e. The Morgan fingerprint density at radius 2 is 2.29 bits per heavy atom. The van der Waals surface area contributed by atoms with E-state index < -0.39 is 5.97 Å². The summed E-state index contributed by atoms with van der Waals surface area (Å²) in [6.45, 7) is 5.35. The standard InChI is InChI=1S/C13H19NO3/c1-8-6-10(8)7-14(3)9(2)11-4-5-12(17-11)13(15)16/h4-5,8-10H,6-7H2,1-3H3,(H,15,16). The molecule has 1 aliphatic rings. The molecule has 0 bridgehead atoms. The van der Waals surface area contributed by atoms with E-state index in [0.717, 1.165) is 24.1 Å². The van der Waals surface area contributed by atoms with Gasteiger partial charge in [-0.2, -0.15) is 0 Å². The van der Waals surface area contributed by atoms with Crippen LogP contribution in [0.3, 0.4) is 0 Å². The van der Waals surface area contributed by atoms with Crippen LogP contribution in [-0.4, -0.2) is 29.6 Å². The lowest BCUT2D eigenvalue weighted by atomic mass is 10.2. The maximum absolute atomic E-state index is 10.7. The van der Waals surface area contributed by atoms with Crippen LogP contribution in [0.25, 0.3) is 0 Å². The van der Waals surface area contributed by atoms with Gasteiger partial charge in [-0.15, -0.1) is 0 Å². The highest BCUT2D eigenvalue weighted by molar-refractivity contribution is 5.84. The first kappa shape index (κ1) is 12.2. The van der Waals surface area contributed by atoms with Gasteiger partial charge in [0.2, 0.25) is 5.76 Å². The summed E-state index contributed by atoms with van der Waals surface area (Å²) in [4.78, 5) is 13.0. The average Bonchev–Trinajstić information content (AvgIpc) is 2.82. The summed E-state index contributed by atoms with van der Waals surface area (Å²) < 4.78 is 5.32. The molecule has 1 aliphatic carbocycles. The summed E-state index contributed by atoms with van der Waals surface area (Å²) in [6, 6.07) is 3.39. The van der Waals surface area contributed by atoms with Gasteiger partial charge < -0.3 is 9.52 Å². The van der Waals surface area contributed by atoms with Crippen LogP contribution in [0, 0.1) is 11.8 Å². The molecule has 1 N–H and O–H groups in total. The Hall–Kier alpha value is -1.29. The van der Waals surface area contributed by atoms with Crippen LogP contribution in [0.5, 0.6) is 0 Å². The molecule has 0 aliphatic heterocycles. The Kier molecular flexibility index (Phi) is 3.24. The van der Waals surface area contributed by atoms with Crippen molar-refractivity contribution in [2.45, 2.75) is 26.3 Å². The lowest BCUT2D eigenvalue weighted by Crippen LogP contribution is -2.24. The van der Waals surface area contributed by atoms with Gasteiger partial charge in [0.15, 0.2) is 0 Å². The topological polar surface area (TPSA) is 53.7 Å². The number of hydrogen-bond donors (Lipinski definition) is 1. The molecule has 0 amide bonds. The van der Waals surface area contributed by atoms with Crippen molar-refractivity contribution in [2.75, 3.05) is 13.6 Å². The Balaban J connectivity index is 1.97. The minimum absolute atomic E-state index is 0.0139. The molecule has 0 aromatic carbocycles. The van der Waals surface area contributed by atoms with Gasteiger partial charge in [-0.3, -0.25) is 4.90 Å². The molecule has 4 nitrogen and oxygen atoms in total. The van der Waals surface area contributed by atoms with Gasteiger partial charge in [-0.1, -0.05) is 6.92 Å². The van der Waals surface area contributed by atoms with E-state index >= 15 is 0 Å². The fourth-order valence-corrected chi connectivity index (χ4v) is 2.09. The molecule has 1 heterocycles. The fraction of sp³-hybridized carbons (Fsp3) is 0.615.